The van der Waals surface area contributed by atoms with Crippen molar-refractivity contribution < 1.29 is 26.7 Å². The predicted molar refractivity (Wildman–Crippen MR) is 29.8 cm³/mol. The van der Waals surface area contributed by atoms with Crippen LogP contribution in [0.1, 0.15) is 5.76 Å². The van der Waals surface area contributed by atoms with E-state index in [-0.39, 0.29) is 0 Å². The Morgan fingerprint density at radius 2 is 2.62 bits per heavy atom. The van der Waals surface area contributed by atoms with Crippen molar-refractivity contribution in [2.45, 2.75) is 6.92 Å². The summed E-state index contributed by atoms with van der Waals surface area (Å²) in [6.07, 6.45) is 1.81. The first-order chi connectivity index (χ1) is 3.84. The van der Waals surface area contributed by atoms with E-state index in [1.807, 2.05) is 13.1 Å². The van der Waals surface area contributed by atoms with Crippen LogP contribution in [0.5, 0.6) is 0 Å². The first-order valence-electron chi connectivity index (χ1n) is 2.30. The van der Waals surface area contributed by atoms with Gasteiger partial charge in [0.05, 0.1) is 0 Å². The average molecular weight is 363 g/mol. The number of aryl methyl sites for hydroxylation is 1. The summed E-state index contributed by atoms with van der Waals surface area (Å²) in [5.74, 6) is 0.989. The average Bonchev–Trinajstić information content (AvgIpc) is 2.14. The van der Waals surface area contributed by atoms with Crippen molar-refractivity contribution in [1.29, 1.82) is 0 Å². The van der Waals surface area contributed by atoms with Crippen LogP contribution < -0.4 is 3.07 Å². The summed E-state index contributed by atoms with van der Waals surface area (Å²) in [5.41, 5.74) is 0. The number of hydrogen-bond acceptors (Lipinski definition) is 2. The van der Waals surface area contributed by atoms with Crippen molar-refractivity contribution in [3.05, 3.63) is 12.0 Å². The Hall–Kier alpha value is 0.625. The second-order valence-corrected chi connectivity index (χ2v) is 10.5. The molecule has 0 saturated carbocycles. The van der Waals surface area contributed by atoms with E-state index in [1.165, 1.54) is 3.07 Å². The van der Waals surface area contributed by atoms with E-state index < -0.39 is 22.1 Å². The molecule has 0 amide bonds. The molecule has 1 aromatic rings. The van der Waals surface area contributed by atoms with Gasteiger partial charge in [0, 0.05) is 0 Å². The molecule has 4 heteroatoms. The second kappa shape index (κ2) is 2.96. The standard InChI is InChI=1S/C4H4NO.BrH.Hg/c1-4-2-3-5-6-4;;/h3H,1H3;1H;/q;;+1/p-1. The quantitative estimate of drug-likeness (QED) is 0.697. The maximum absolute atomic E-state index is 4.83. The summed E-state index contributed by atoms with van der Waals surface area (Å²) >= 11 is 2.63. The SMILES string of the molecule is Cc1onc[c]1[Hg][Br]. The molecule has 1 aromatic heterocycles. The fourth-order valence-corrected chi connectivity index (χ4v) is 6.72. The van der Waals surface area contributed by atoms with Crippen LogP contribution in [0.4, 0.5) is 0 Å². The van der Waals surface area contributed by atoms with Gasteiger partial charge in [-0.2, -0.15) is 0 Å². The zero-order valence-electron chi connectivity index (χ0n) is 4.52. The van der Waals surface area contributed by atoms with Gasteiger partial charge in [0.1, 0.15) is 0 Å². The van der Waals surface area contributed by atoms with Crippen molar-refractivity contribution in [2.75, 3.05) is 0 Å². The van der Waals surface area contributed by atoms with Gasteiger partial charge in [-0.05, 0) is 0 Å². The van der Waals surface area contributed by atoms with Crippen LogP contribution in [0.25, 0.3) is 0 Å². The van der Waals surface area contributed by atoms with Crippen LogP contribution in [0.15, 0.2) is 10.7 Å². The zero-order valence-corrected chi connectivity index (χ0v) is 11.6. The molecule has 0 fully saturated rings. The second-order valence-electron chi connectivity index (χ2n) is 1.54. The molecule has 2 nitrogen and oxygen atoms in total. The number of hydrogen-bond donors (Lipinski definition) is 0. The monoisotopic (exact) mass is 363 g/mol. The molecule has 40 valence electrons. The number of halogens is 1. The molecule has 1 heterocycles. The third-order valence-corrected chi connectivity index (χ3v) is 10.1. The molecule has 0 unspecified atom stereocenters. The van der Waals surface area contributed by atoms with Crippen molar-refractivity contribution in [3.8, 4) is 0 Å². The maximum atomic E-state index is 4.83. The third-order valence-electron chi connectivity index (χ3n) is 0.994. The van der Waals surface area contributed by atoms with Gasteiger partial charge >= 0.3 is 65.7 Å². The molecule has 0 spiro atoms. The fraction of sp³-hybridized carbons (Fsp3) is 0.250. The van der Waals surface area contributed by atoms with E-state index in [9.17, 15) is 0 Å². The molecule has 0 aliphatic carbocycles. The van der Waals surface area contributed by atoms with Gasteiger partial charge in [0.25, 0.3) is 0 Å². The first kappa shape index (κ1) is 6.74. The van der Waals surface area contributed by atoms with Crippen molar-refractivity contribution >= 4 is 15.0 Å². The van der Waals surface area contributed by atoms with E-state index in [0.29, 0.717) is 0 Å². The Kier molecular flexibility index (Phi) is 2.50. The molecule has 0 atom stereocenters. The van der Waals surface area contributed by atoms with Crippen LogP contribution in [0.3, 0.4) is 0 Å². The van der Waals surface area contributed by atoms with E-state index in [0.717, 1.165) is 5.76 Å². The van der Waals surface area contributed by atoms with Crippen LogP contribution in [-0.4, -0.2) is 5.16 Å². The predicted octanol–water partition coefficient (Wildman–Crippen LogP) is 1.00. The normalized spacial score (nSPS) is 8.75. The van der Waals surface area contributed by atoms with Crippen molar-refractivity contribution in [1.82, 2.24) is 5.16 Å². The van der Waals surface area contributed by atoms with Gasteiger partial charge in [-0.3, -0.25) is 0 Å². The topological polar surface area (TPSA) is 26.0 Å². The first-order valence-corrected chi connectivity index (χ1v) is 17.0. The Morgan fingerprint density at radius 1 is 1.88 bits per heavy atom. The summed E-state index contributed by atoms with van der Waals surface area (Å²) < 4.78 is 6.17. The minimum absolute atomic E-state index is 0.876. The number of rotatable bonds is 1. The van der Waals surface area contributed by atoms with Crippen molar-refractivity contribution in [3.63, 3.8) is 0 Å². The molecule has 0 N–H and O–H groups in total. The van der Waals surface area contributed by atoms with Gasteiger partial charge in [0.15, 0.2) is 0 Å². The molecule has 0 aliphatic rings. The zero-order chi connectivity index (χ0) is 5.98. The molecule has 0 aliphatic heterocycles. The molecular weight excluding hydrogens is 359 g/mol. The van der Waals surface area contributed by atoms with E-state index >= 15 is 0 Å². The van der Waals surface area contributed by atoms with E-state index in [2.05, 4.69) is 17.1 Å². The molecule has 0 radical (unpaired) electrons. The Bertz CT molecular complexity index is 176. The molecule has 0 bridgehead atoms. The Balaban J connectivity index is 2.92. The summed E-state index contributed by atoms with van der Waals surface area (Å²) in [6.45, 7) is 1.95. The van der Waals surface area contributed by atoms with Crippen LogP contribution in [0.2, 0.25) is 0 Å². The Labute approximate surface area is 65.3 Å². The van der Waals surface area contributed by atoms with Gasteiger partial charge in [-0.25, -0.2) is 0 Å². The summed E-state index contributed by atoms with van der Waals surface area (Å²) in [6, 6.07) is 0. The fourth-order valence-electron chi connectivity index (χ4n) is 0.447. The molecule has 8 heavy (non-hydrogen) atoms. The summed E-state index contributed by atoms with van der Waals surface area (Å²) in [4.78, 5) is 0. The molecular formula is C4H4BrHgNO. The molecule has 0 saturated heterocycles. The van der Waals surface area contributed by atoms with Gasteiger partial charge in [-0.1, -0.05) is 0 Å². The van der Waals surface area contributed by atoms with Crippen LogP contribution >= 0.6 is 11.9 Å². The Morgan fingerprint density at radius 3 is 2.88 bits per heavy atom. The number of aromatic nitrogens is 1. The van der Waals surface area contributed by atoms with E-state index in [4.69, 9.17) is 4.52 Å². The van der Waals surface area contributed by atoms with Crippen LogP contribution in [0, 0.1) is 6.92 Å². The summed E-state index contributed by atoms with van der Waals surface area (Å²) in [7, 11) is 0. The van der Waals surface area contributed by atoms with Gasteiger partial charge in [-0.15, -0.1) is 0 Å². The van der Waals surface area contributed by atoms with Crippen LogP contribution in [-0.2, 0) is 22.1 Å². The third kappa shape index (κ3) is 1.32. The van der Waals surface area contributed by atoms with Gasteiger partial charge in [0.2, 0.25) is 0 Å². The minimum atomic E-state index is -0.876. The molecule has 0 aromatic carbocycles. The van der Waals surface area contributed by atoms with Crippen molar-refractivity contribution in [2.24, 2.45) is 0 Å². The summed E-state index contributed by atoms with van der Waals surface area (Å²) in [5, 5.41) is 3.64. The van der Waals surface area contributed by atoms with E-state index in [1.54, 1.807) is 0 Å². The molecule has 1 rings (SSSR count). The van der Waals surface area contributed by atoms with Gasteiger partial charge < -0.3 is 0 Å². The number of nitrogens with zero attached hydrogens (tertiary/aromatic N) is 1.